The zero-order valence-corrected chi connectivity index (χ0v) is 16.2. The lowest BCUT2D eigenvalue weighted by Crippen LogP contribution is -2.37. The maximum absolute atomic E-state index is 15.3. The van der Waals surface area contributed by atoms with Crippen molar-refractivity contribution < 1.29 is 14.0 Å². The summed E-state index contributed by atoms with van der Waals surface area (Å²) >= 11 is 0. The summed E-state index contributed by atoms with van der Waals surface area (Å²) < 4.78 is 15.3. The van der Waals surface area contributed by atoms with Gasteiger partial charge in [0.2, 0.25) is 5.91 Å². The fourth-order valence-electron chi connectivity index (χ4n) is 5.29. The van der Waals surface area contributed by atoms with Gasteiger partial charge in [0.1, 0.15) is 5.82 Å². The molecule has 0 aliphatic heterocycles. The van der Waals surface area contributed by atoms with E-state index in [0.29, 0.717) is 12.0 Å². The van der Waals surface area contributed by atoms with Crippen molar-refractivity contribution in [3.63, 3.8) is 0 Å². The number of halogens is 1. The van der Waals surface area contributed by atoms with Crippen molar-refractivity contribution in [1.29, 1.82) is 0 Å². The molecule has 0 heterocycles. The third kappa shape index (κ3) is 3.22. The van der Waals surface area contributed by atoms with Gasteiger partial charge >= 0.3 is 0 Å². The molecule has 0 bridgehead atoms. The van der Waals surface area contributed by atoms with Gasteiger partial charge in [-0.15, -0.1) is 0 Å². The fourth-order valence-corrected chi connectivity index (χ4v) is 5.29. The molecule has 1 aromatic rings. The first-order valence-corrected chi connectivity index (χ1v) is 10.1. The predicted molar refractivity (Wildman–Crippen MR) is 106 cm³/mol. The van der Waals surface area contributed by atoms with E-state index in [1.54, 1.807) is 6.92 Å². The van der Waals surface area contributed by atoms with Crippen LogP contribution < -0.4 is 11.1 Å². The minimum atomic E-state index is -0.560. The van der Waals surface area contributed by atoms with Crippen LogP contribution in [0.25, 0.3) is 5.57 Å². The molecule has 3 N–H and O–H groups in total. The fraction of sp³-hybridized carbons (Fsp3) is 0.478. The Morgan fingerprint density at radius 1 is 1.25 bits per heavy atom. The molecule has 1 aromatic carbocycles. The van der Waals surface area contributed by atoms with Crippen molar-refractivity contribution in [2.75, 3.05) is 0 Å². The summed E-state index contributed by atoms with van der Waals surface area (Å²) in [4.78, 5) is 23.8. The number of allylic oxidation sites excluding steroid dienone is 2. The topological polar surface area (TPSA) is 72.2 Å². The lowest BCUT2D eigenvalue weighted by atomic mass is 9.77. The zero-order chi connectivity index (χ0) is 19.8. The highest BCUT2D eigenvalue weighted by molar-refractivity contribution is 5.98. The number of amides is 2. The molecule has 4 nitrogen and oxygen atoms in total. The van der Waals surface area contributed by atoms with Gasteiger partial charge in [-0.1, -0.05) is 17.9 Å². The van der Waals surface area contributed by atoms with Crippen LogP contribution in [0.2, 0.25) is 0 Å². The summed E-state index contributed by atoms with van der Waals surface area (Å²) in [5.74, 6) is 3.99. The van der Waals surface area contributed by atoms with Crippen LogP contribution in [0.1, 0.15) is 84.8 Å². The van der Waals surface area contributed by atoms with Gasteiger partial charge in [-0.2, -0.15) is 0 Å². The van der Waals surface area contributed by atoms with Crippen molar-refractivity contribution in [2.24, 2.45) is 5.73 Å². The van der Waals surface area contributed by atoms with E-state index >= 15 is 4.39 Å². The number of carbonyl (C=O) groups excluding carboxylic acids is 2. The van der Waals surface area contributed by atoms with E-state index in [0.717, 1.165) is 61.6 Å². The van der Waals surface area contributed by atoms with Crippen LogP contribution in [0.15, 0.2) is 11.6 Å². The molecular formula is C23H25FN2O2. The second-order valence-corrected chi connectivity index (χ2v) is 8.06. The number of hydrogen-bond acceptors (Lipinski definition) is 2. The van der Waals surface area contributed by atoms with E-state index in [1.165, 1.54) is 17.2 Å². The normalized spacial score (nSPS) is 22.9. The average molecular weight is 380 g/mol. The minimum absolute atomic E-state index is 0.00334. The third-order valence-electron chi connectivity index (χ3n) is 6.37. The lowest BCUT2D eigenvalue weighted by Gasteiger charge is -2.31. The molecule has 2 amide bonds. The summed E-state index contributed by atoms with van der Waals surface area (Å²) in [6.07, 6.45) is 7.14. The van der Waals surface area contributed by atoms with Crippen LogP contribution in [-0.2, 0) is 11.2 Å². The van der Waals surface area contributed by atoms with Crippen LogP contribution in [0.5, 0.6) is 0 Å². The molecule has 2 atom stereocenters. The zero-order valence-electron chi connectivity index (χ0n) is 16.2. The number of benzene rings is 1. The predicted octanol–water partition coefficient (Wildman–Crippen LogP) is 3.58. The molecule has 0 aromatic heterocycles. The van der Waals surface area contributed by atoms with Crippen LogP contribution in [0, 0.1) is 17.7 Å². The van der Waals surface area contributed by atoms with Crippen molar-refractivity contribution in [1.82, 2.24) is 5.32 Å². The standard InChI is InChI=1S/C23H25FN2O2/c1-2-5-20(27)26-15-8-3-7-14(10-15)21-19(24)12-18(23(25)28)17-11-13-6-4-9-16(13)22(17)21/h12,14-15H,3-4,6-11H2,1H3,(H2,25,28)(H,26,27)/t14?,15-/m0/s1. The Bertz CT molecular complexity index is 952. The molecule has 1 saturated carbocycles. The van der Waals surface area contributed by atoms with E-state index in [9.17, 15) is 9.59 Å². The lowest BCUT2D eigenvalue weighted by molar-refractivity contribution is -0.116. The summed E-state index contributed by atoms with van der Waals surface area (Å²) in [5, 5.41) is 2.96. The van der Waals surface area contributed by atoms with Gasteiger partial charge < -0.3 is 11.1 Å². The Hall–Kier alpha value is -2.61. The van der Waals surface area contributed by atoms with Gasteiger partial charge in [-0.05, 0) is 92.0 Å². The molecule has 0 spiro atoms. The van der Waals surface area contributed by atoms with Crippen molar-refractivity contribution in [3.05, 3.63) is 39.7 Å². The Morgan fingerprint density at radius 3 is 2.82 bits per heavy atom. The van der Waals surface area contributed by atoms with Gasteiger partial charge in [0.05, 0.1) is 0 Å². The largest absolute Gasteiger partial charge is 0.366 e. The second kappa shape index (κ2) is 7.43. The summed E-state index contributed by atoms with van der Waals surface area (Å²) in [7, 11) is 0. The summed E-state index contributed by atoms with van der Waals surface area (Å²) in [6.45, 7) is 1.63. The number of primary amides is 1. The Labute approximate surface area is 164 Å². The van der Waals surface area contributed by atoms with Gasteiger partial charge in [0, 0.05) is 11.6 Å². The van der Waals surface area contributed by atoms with Gasteiger partial charge in [0.25, 0.3) is 5.91 Å². The summed E-state index contributed by atoms with van der Waals surface area (Å²) in [6, 6.07) is 1.33. The molecular weight excluding hydrogens is 355 g/mol. The van der Waals surface area contributed by atoms with E-state index in [4.69, 9.17) is 5.73 Å². The number of nitrogens with one attached hydrogen (secondary N) is 1. The second-order valence-electron chi connectivity index (χ2n) is 8.06. The van der Waals surface area contributed by atoms with Crippen LogP contribution >= 0.6 is 0 Å². The number of fused-ring (bicyclic) bond motifs is 2. The first-order chi connectivity index (χ1) is 13.5. The van der Waals surface area contributed by atoms with Gasteiger partial charge in [0.15, 0.2) is 0 Å². The van der Waals surface area contributed by atoms with E-state index in [2.05, 4.69) is 17.2 Å². The molecule has 146 valence electrons. The summed E-state index contributed by atoms with van der Waals surface area (Å²) in [5.41, 5.74) is 11.0. The first kappa shape index (κ1) is 18.7. The first-order valence-electron chi connectivity index (χ1n) is 10.1. The van der Waals surface area contributed by atoms with Crippen molar-refractivity contribution in [2.45, 2.75) is 70.3 Å². The Morgan fingerprint density at radius 2 is 2.07 bits per heavy atom. The van der Waals surface area contributed by atoms with E-state index in [-0.39, 0.29) is 23.7 Å². The Balaban J connectivity index is 1.72. The highest BCUT2D eigenvalue weighted by Gasteiger charge is 2.36. The number of carbonyl (C=O) groups is 2. The van der Waals surface area contributed by atoms with Gasteiger partial charge in [-0.3, -0.25) is 9.59 Å². The molecule has 3 aliphatic rings. The molecule has 3 aliphatic carbocycles. The Kier molecular flexibility index (Phi) is 4.97. The molecule has 1 unspecified atom stereocenters. The average Bonchev–Trinajstić information content (AvgIpc) is 3.23. The minimum Gasteiger partial charge on any atom is -0.366 e. The van der Waals surface area contributed by atoms with Crippen molar-refractivity contribution in [3.8, 4) is 11.8 Å². The highest BCUT2D eigenvalue weighted by atomic mass is 19.1. The maximum Gasteiger partial charge on any atom is 0.296 e. The maximum atomic E-state index is 15.3. The van der Waals surface area contributed by atoms with Crippen molar-refractivity contribution >= 4 is 17.4 Å². The quantitative estimate of drug-likeness (QED) is 0.787. The third-order valence-corrected chi connectivity index (χ3v) is 6.37. The van der Waals surface area contributed by atoms with Crippen LogP contribution in [0.3, 0.4) is 0 Å². The van der Waals surface area contributed by atoms with E-state index < -0.39 is 5.91 Å². The molecule has 1 fully saturated rings. The highest BCUT2D eigenvalue weighted by Crippen LogP contribution is 2.49. The van der Waals surface area contributed by atoms with E-state index in [1.807, 2.05) is 0 Å². The molecule has 28 heavy (non-hydrogen) atoms. The molecule has 5 heteroatoms. The molecule has 0 saturated heterocycles. The smallest absolute Gasteiger partial charge is 0.296 e. The number of hydrogen-bond donors (Lipinski definition) is 2. The number of nitrogens with two attached hydrogens (primary N) is 1. The molecule has 0 radical (unpaired) electrons. The van der Waals surface area contributed by atoms with Crippen LogP contribution in [0.4, 0.5) is 4.39 Å². The van der Waals surface area contributed by atoms with Crippen LogP contribution in [-0.4, -0.2) is 17.9 Å². The molecule has 4 rings (SSSR count). The number of rotatable bonds is 3. The SMILES string of the molecule is CC#CC(=O)N[C@H]1CCCC(c2c(F)cc(C(N)=O)c3c2C2=C(CCC2)C3)C1. The van der Waals surface area contributed by atoms with Gasteiger partial charge in [-0.25, -0.2) is 4.39 Å². The monoisotopic (exact) mass is 380 g/mol.